The maximum absolute atomic E-state index is 12.4. The molecular formula is C12H20N4O. The topological polar surface area (TPSA) is 64.2 Å². The molecule has 0 radical (unpaired) electrons. The number of nitrogens with zero attached hydrogens (tertiary/aromatic N) is 3. The fourth-order valence-electron chi connectivity index (χ4n) is 2.20. The van der Waals surface area contributed by atoms with Crippen molar-refractivity contribution in [1.29, 1.82) is 0 Å². The smallest absolute Gasteiger partial charge is 0.274 e. The molecule has 2 N–H and O–H groups in total. The highest BCUT2D eigenvalue weighted by atomic mass is 16.2. The molecule has 5 nitrogen and oxygen atoms in total. The zero-order valence-corrected chi connectivity index (χ0v) is 10.7. The van der Waals surface area contributed by atoms with Crippen molar-refractivity contribution in [2.45, 2.75) is 39.2 Å². The number of anilines is 1. The Morgan fingerprint density at radius 2 is 2.18 bits per heavy atom. The van der Waals surface area contributed by atoms with Crippen LogP contribution < -0.4 is 5.73 Å². The van der Waals surface area contributed by atoms with Gasteiger partial charge in [0.2, 0.25) is 0 Å². The molecule has 0 saturated heterocycles. The molecule has 0 bridgehead atoms. The van der Waals surface area contributed by atoms with Gasteiger partial charge in [-0.3, -0.25) is 9.48 Å². The van der Waals surface area contributed by atoms with Crippen molar-refractivity contribution < 1.29 is 4.79 Å². The fourth-order valence-corrected chi connectivity index (χ4v) is 2.20. The predicted molar refractivity (Wildman–Crippen MR) is 66.7 cm³/mol. The van der Waals surface area contributed by atoms with Crippen LogP contribution in [0.1, 0.15) is 42.9 Å². The Morgan fingerprint density at radius 3 is 2.59 bits per heavy atom. The van der Waals surface area contributed by atoms with E-state index < -0.39 is 0 Å². The van der Waals surface area contributed by atoms with Gasteiger partial charge in [-0.15, -0.1) is 0 Å². The molecule has 1 saturated carbocycles. The average molecular weight is 236 g/mol. The van der Waals surface area contributed by atoms with Crippen LogP contribution in [0.5, 0.6) is 0 Å². The molecule has 0 aliphatic heterocycles. The number of nitrogens with two attached hydrogens (primary N) is 1. The summed E-state index contributed by atoms with van der Waals surface area (Å²) in [5.41, 5.74) is 7.88. The quantitative estimate of drug-likeness (QED) is 0.854. The minimum Gasteiger partial charge on any atom is -0.395 e. The molecule has 2 rings (SSSR count). The number of carbonyl (C=O) groups excluding carboxylic acids is 1. The first kappa shape index (κ1) is 12.0. The molecule has 94 valence electrons. The van der Waals surface area contributed by atoms with E-state index in [4.69, 9.17) is 5.73 Å². The first-order chi connectivity index (χ1) is 8.10. The second-order valence-corrected chi connectivity index (χ2v) is 4.51. The normalized spacial score (nSPS) is 15.0. The summed E-state index contributed by atoms with van der Waals surface area (Å²) in [6.07, 6.45) is 2.97. The van der Waals surface area contributed by atoms with Gasteiger partial charge in [0.25, 0.3) is 5.91 Å². The number of hydrogen-bond acceptors (Lipinski definition) is 3. The molecule has 0 atom stereocenters. The molecule has 17 heavy (non-hydrogen) atoms. The third kappa shape index (κ3) is 2.01. The zero-order valence-electron chi connectivity index (χ0n) is 10.7. The fraction of sp³-hybridized carbons (Fsp3) is 0.667. The third-order valence-electron chi connectivity index (χ3n) is 3.29. The van der Waals surface area contributed by atoms with Crippen molar-refractivity contribution in [3.63, 3.8) is 0 Å². The monoisotopic (exact) mass is 236 g/mol. The van der Waals surface area contributed by atoms with E-state index in [0.29, 0.717) is 17.4 Å². The van der Waals surface area contributed by atoms with Crippen LogP contribution in [-0.2, 0) is 13.5 Å². The van der Waals surface area contributed by atoms with Gasteiger partial charge in [0.15, 0.2) is 0 Å². The molecule has 1 aliphatic carbocycles. The Balaban J connectivity index is 2.32. The summed E-state index contributed by atoms with van der Waals surface area (Å²) < 4.78 is 1.61. The first-order valence-electron chi connectivity index (χ1n) is 6.22. The Labute approximate surface area is 102 Å². The van der Waals surface area contributed by atoms with Gasteiger partial charge in [0, 0.05) is 19.6 Å². The summed E-state index contributed by atoms with van der Waals surface area (Å²) in [6, 6.07) is 0.409. The standard InChI is InChI=1S/C12H20N4O/c1-4-9-10(13)11(15(3)14-9)12(17)16(5-2)8-6-7-8/h8H,4-7,13H2,1-3H3. The number of aromatic nitrogens is 2. The molecule has 1 aliphatic rings. The number of rotatable bonds is 4. The zero-order chi connectivity index (χ0) is 12.6. The van der Waals surface area contributed by atoms with E-state index >= 15 is 0 Å². The molecule has 1 amide bonds. The highest BCUT2D eigenvalue weighted by molar-refractivity contribution is 5.98. The molecule has 1 aromatic rings. The Kier molecular flexibility index (Phi) is 3.09. The Morgan fingerprint density at radius 1 is 1.53 bits per heavy atom. The maximum Gasteiger partial charge on any atom is 0.274 e. The molecule has 5 heteroatoms. The number of carbonyl (C=O) groups is 1. The average Bonchev–Trinajstić information content (AvgIpc) is 3.07. The molecular weight excluding hydrogens is 216 g/mol. The van der Waals surface area contributed by atoms with E-state index in [1.165, 1.54) is 0 Å². The van der Waals surface area contributed by atoms with E-state index in [1.807, 2.05) is 18.7 Å². The van der Waals surface area contributed by atoms with Crippen molar-refractivity contribution in [2.75, 3.05) is 12.3 Å². The second-order valence-electron chi connectivity index (χ2n) is 4.51. The lowest BCUT2D eigenvalue weighted by Gasteiger charge is -2.20. The maximum atomic E-state index is 12.4. The van der Waals surface area contributed by atoms with Crippen LogP contribution >= 0.6 is 0 Å². The number of aryl methyl sites for hydroxylation is 2. The van der Waals surface area contributed by atoms with Gasteiger partial charge in [-0.2, -0.15) is 5.10 Å². The summed E-state index contributed by atoms with van der Waals surface area (Å²) in [6.45, 7) is 4.73. The van der Waals surface area contributed by atoms with Gasteiger partial charge in [0.05, 0.1) is 11.4 Å². The highest BCUT2D eigenvalue weighted by Gasteiger charge is 2.34. The van der Waals surface area contributed by atoms with Crippen molar-refractivity contribution >= 4 is 11.6 Å². The summed E-state index contributed by atoms with van der Waals surface area (Å²) >= 11 is 0. The Hall–Kier alpha value is -1.52. The summed E-state index contributed by atoms with van der Waals surface area (Å²) in [4.78, 5) is 14.3. The first-order valence-corrected chi connectivity index (χ1v) is 6.22. The SMILES string of the molecule is CCc1nn(C)c(C(=O)N(CC)C2CC2)c1N. The van der Waals surface area contributed by atoms with Gasteiger partial charge in [-0.25, -0.2) is 0 Å². The molecule has 1 fully saturated rings. The number of hydrogen-bond donors (Lipinski definition) is 1. The van der Waals surface area contributed by atoms with E-state index in [1.54, 1.807) is 11.7 Å². The summed E-state index contributed by atoms with van der Waals surface area (Å²) in [5.74, 6) is 0.0159. The lowest BCUT2D eigenvalue weighted by molar-refractivity contribution is 0.0742. The van der Waals surface area contributed by atoms with Crippen molar-refractivity contribution in [1.82, 2.24) is 14.7 Å². The molecule has 1 heterocycles. The van der Waals surface area contributed by atoms with Crippen molar-refractivity contribution in [3.05, 3.63) is 11.4 Å². The van der Waals surface area contributed by atoms with Crippen LogP contribution in [0.25, 0.3) is 0 Å². The highest BCUT2D eigenvalue weighted by Crippen LogP contribution is 2.29. The molecule has 0 unspecified atom stereocenters. The lowest BCUT2D eigenvalue weighted by atomic mass is 10.2. The predicted octanol–water partition coefficient (Wildman–Crippen LogP) is 1.19. The van der Waals surface area contributed by atoms with Crippen molar-refractivity contribution in [3.8, 4) is 0 Å². The van der Waals surface area contributed by atoms with Crippen LogP contribution in [0.2, 0.25) is 0 Å². The van der Waals surface area contributed by atoms with Gasteiger partial charge >= 0.3 is 0 Å². The Bertz CT molecular complexity index is 434. The number of amides is 1. The largest absolute Gasteiger partial charge is 0.395 e. The van der Waals surface area contributed by atoms with Crippen LogP contribution in [-0.4, -0.2) is 33.2 Å². The van der Waals surface area contributed by atoms with E-state index in [9.17, 15) is 4.79 Å². The van der Waals surface area contributed by atoms with Crippen molar-refractivity contribution in [2.24, 2.45) is 7.05 Å². The second kappa shape index (κ2) is 4.39. The minimum atomic E-state index is 0.0159. The minimum absolute atomic E-state index is 0.0159. The number of nitrogen functional groups attached to an aromatic ring is 1. The van der Waals surface area contributed by atoms with Gasteiger partial charge < -0.3 is 10.6 Å². The van der Waals surface area contributed by atoms with Crippen LogP contribution in [0.15, 0.2) is 0 Å². The van der Waals surface area contributed by atoms with Crippen LogP contribution in [0, 0.1) is 0 Å². The van der Waals surface area contributed by atoms with Gasteiger partial charge in [-0.05, 0) is 26.2 Å². The van der Waals surface area contributed by atoms with E-state index in [2.05, 4.69) is 5.10 Å². The summed E-state index contributed by atoms with van der Waals surface area (Å²) in [5, 5.41) is 4.29. The molecule has 0 spiro atoms. The van der Waals surface area contributed by atoms with Crippen LogP contribution in [0.3, 0.4) is 0 Å². The van der Waals surface area contributed by atoms with E-state index in [-0.39, 0.29) is 5.91 Å². The summed E-state index contributed by atoms with van der Waals surface area (Å²) in [7, 11) is 1.78. The van der Waals surface area contributed by atoms with Gasteiger partial charge in [0.1, 0.15) is 5.69 Å². The van der Waals surface area contributed by atoms with E-state index in [0.717, 1.165) is 31.5 Å². The third-order valence-corrected chi connectivity index (χ3v) is 3.29. The molecule has 1 aromatic heterocycles. The van der Waals surface area contributed by atoms with Gasteiger partial charge in [-0.1, -0.05) is 6.92 Å². The van der Waals surface area contributed by atoms with Crippen LogP contribution in [0.4, 0.5) is 5.69 Å². The molecule has 0 aromatic carbocycles. The lowest BCUT2D eigenvalue weighted by Crippen LogP contribution is -2.34.